The van der Waals surface area contributed by atoms with E-state index in [2.05, 4.69) is 15.7 Å². The summed E-state index contributed by atoms with van der Waals surface area (Å²) >= 11 is 0. The van der Waals surface area contributed by atoms with Crippen LogP contribution in [0.15, 0.2) is 36.5 Å². The third kappa shape index (κ3) is 4.56. The van der Waals surface area contributed by atoms with E-state index in [0.29, 0.717) is 11.4 Å². The number of aromatic nitrogens is 2. The summed E-state index contributed by atoms with van der Waals surface area (Å²) in [4.78, 5) is 23.2. The Morgan fingerprint density at radius 3 is 2.67 bits per heavy atom. The molecule has 2 aromatic rings. The van der Waals surface area contributed by atoms with Gasteiger partial charge < -0.3 is 16.4 Å². The van der Waals surface area contributed by atoms with Gasteiger partial charge in [-0.15, -0.1) is 12.4 Å². The molecule has 0 atom stereocenters. The number of nitrogens with one attached hydrogen (secondary N) is 2. The van der Waals surface area contributed by atoms with Gasteiger partial charge in [0.2, 0.25) is 5.91 Å². The Morgan fingerprint density at radius 2 is 2.00 bits per heavy atom. The van der Waals surface area contributed by atoms with E-state index < -0.39 is 5.91 Å². The van der Waals surface area contributed by atoms with E-state index in [1.54, 1.807) is 12.3 Å². The van der Waals surface area contributed by atoms with Crippen molar-refractivity contribution in [3.63, 3.8) is 0 Å². The van der Waals surface area contributed by atoms with Crippen LogP contribution in [0.2, 0.25) is 0 Å². The second kappa shape index (κ2) is 7.94. The summed E-state index contributed by atoms with van der Waals surface area (Å²) in [6, 6.07) is 8.81. The molecule has 7 nitrogen and oxygen atoms in total. The van der Waals surface area contributed by atoms with Crippen molar-refractivity contribution in [1.29, 1.82) is 0 Å². The number of carbonyl (C=O) groups excluding carboxylic acids is 2. The highest BCUT2D eigenvalue weighted by molar-refractivity contribution is 5.94. The highest BCUT2D eigenvalue weighted by Gasteiger charge is 2.20. The third-order valence-corrected chi connectivity index (χ3v) is 3.68. The molecule has 1 aliphatic rings. The van der Waals surface area contributed by atoms with Crippen LogP contribution >= 0.6 is 12.4 Å². The molecule has 0 spiro atoms. The number of primary amides is 1. The van der Waals surface area contributed by atoms with Gasteiger partial charge in [0.1, 0.15) is 5.69 Å². The predicted molar refractivity (Wildman–Crippen MR) is 93.6 cm³/mol. The molecule has 128 valence electrons. The lowest BCUT2D eigenvalue weighted by molar-refractivity contribution is -0.115. The van der Waals surface area contributed by atoms with Gasteiger partial charge in [0.05, 0.1) is 17.9 Å². The van der Waals surface area contributed by atoms with Crippen molar-refractivity contribution in [2.45, 2.75) is 12.8 Å². The molecule has 1 aromatic carbocycles. The number of hydrogen-bond acceptors (Lipinski definition) is 4. The van der Waals surface area contributed by atoms with Gasteiger partial charge in [0.15, 0.2) is 0 Å². The first-order valence-electron chi connectivity index (χ1n) is 7.59. The standard InChI is InChI=1S/C16H19N5O2.ClH/c17-16(23)13-7-8-21(20-13)14-4-2-1-3-12(14)19-15(22)10-18-9-11-5-6-11;/h1-4,7-8,11,18H,5-6,9-10H2,(H2,17,23)(H,19,22);1H. The number of anilines is 1. The number of hydrogen-bond donors (Lipinski definition) is 3. The Balaban J connectivity index is 0.00000208. The number of benzene rings is 1. The maximum Gasteiger partial charge on any atom is 0.269 e. The van der Waals surface area contributed by atoms with Crippen molar-refractivity contribution in [3.05, 3.63) is 42.2 Å². The SMILES string of the molecule is Cl.NC(=O)c1ccn(-c2ccccc2NC(=O)CNCC2CC2)n1. The first kappa shape index (κ1) is 18.0. The lowest BCUT2D eigenvalue weighted by Crippen LogP contribution is -2.29. The summed E-state index contributed by atoms with van der Waals surface area (Å²) in [5, 5.41) is 10.1. The zero-order valence-corrected chi connectivity index (χ0v) is 13.9. The molecule has 2 amide bonds. The molecule has 0 unspecified atom stereocenters. The zero-order valence-electron chi connectivity index (χ0n) is 13.1. The summed E-state index contributed by atoms with van der Waals surface area (Å²) in [5.41, 5.74) is 6.70. The average molecular weight is 350 g/mol. The fourth-order valence-corrected chi connectivity index (χ4v) is 2.27. The molecule has 24 heavy (non-hydrogen) atoms. The molecule has 4 N–H and O–H groups in total. The van der Waals surface area contributed by atoms with Gasteiger partial charge in [-0.1, -0.05) is 12.1 Å². The first-order chi connectivity index (χ1) is 11.1. The van der Waals surface area contributed by atoms with E-state index in [1.165, 1.54) is 23.6 Å². The monoisotopic (exact) mass is 349 g/mol. The Hall–Kier alpha value is -2.38. The van der Waals surface area contributed by atoms with Gasteiger partial charge in [-0.25, -0.2) is 4.68 Å². The van der Waals surface area contributed by atoms with Crippen molar-refractivity contribution in [3.8, 4) is 5.69 Å². The van der Waals surface area contributed by atoms with Gasteiger partial charge >= 0.3 is 0 Å². The molecule has 1 saturated carbocycles. The summed E-state index contributed by atoms with van der Waals surface area (Å²) < 4.78 is 1.52. The smallest absolute Gasteiger partial charge is 0.269 e. The largest absolute Gasteiger partial charge is 0.364 e. The number of halogens is 1. The molecule has 1 heterocycles. The van der Waals surface area contributed by atoms with Crippen molar-refractivity contribution in [2.24, 2.45) is 11.7 Å². The van der Waals surface area contributed by atoms with Crippen molar-refractivity contribution in [2.75, 3.05) is 18.4 Å². The van der Waals surface area contributed by atoms with E-state index in [9.17, 15) is 9.59 Å². The van der Waals surface area contributed by atoms with Gasteiger partial charge in [0.25, 0.3) is 5.91 Å². The molecule has 0 aliphatic heterocycles. The highest BCUT2D eigenvalue weighted by Crippen LogP contribution is 2.27. The highest BCUT2D eigenvalue weighted by atomic mass is 35.5. The molecule has 1 fully saturated rings. The molecular weight excluding hydrogens is 330 g/mol. The van der Waals surface area contributed by atoms with Crippen molar-refractivity contribution < 1.29 is 9.59 Å². The summed E-state index contributed by atoms with van der Waals surface area (Å²) in [5.74, 6) is 0.0290. The normalized spacial score (nSPS) is 13.2. The van der Waals surface area contributed by atoms with E-state index in [1.807, 2.05) is 18.2 Å². The molecule has 8 heteroatoms. The number of carbonyl (C=O) groups is 2. The second-order valence-corrected chi connectivity index (χ2v) is 5.65. The second-order valence-electron chi connectivity index (χ2n) is 5.65. The van der Waals surface area contributed by atoms with Gasteiger partial charge in [-0.2, -0.15) is 5.10 Å². The van der Waals surface area contributed by atoms with Crippen LogP contribution in [0.5, 0.6) is 0 Å². The van der Waals surface area contributed by atoms with Crippen LogP contribution in [-0.4, -0.2) is 34.7 Å². The molecular formula is C16H20ClN5O2. The Kier molecular flexibility index (Phi) is 5.94. The topological polar surface area (TPSA) is 102 Å². The van der Waals surface area contributed by atoms with Crippen LogP contribution in [0.1, 0.15) is 23.3 Å². The van der Waals surface area contributed by atoms with Gasteiger partial charge in [-0.3, -0.25) is 9.59 Å². The number of rotatable bonds is 7. The van der Waals surface area contributed by atoms with Crippen molar-refractivity contribution >= 4 is 29.9 Å². The molecule has 0 radical (unpaired) electrons. The lowest BCUT2D eigenvalue weighted by atomic mass is 10.2. The molecule has 3 rings (SSSR count). The number of nitrogens with zero attached hydrogens (tertiary/aromatic N) is 2. The van der Waals surface area contributed by atoms with E-state index in [0.717, 1.165) is 12.5 Å². The summed E-state index contributed by atoms with van der Waals surface area (Å²) in [6.45, 7) is 1.16. The van der Waals surface area contributed by atoms with Gasteiger partial charge in [0, 0.05) is 6.20 Å². The minimum absolute atomic E-state index is 0. The molecule has 0 bridgehead atoms. The lowest BCUT2D eigenvalue weighted by Gasteiger charge is -2.11. The van der Waals surface area contributed by atoms with E-state index in [-0.39, 0.29) is 30.6 Å². The van der Waals surface area contributed by atoms with Crippen LogP contribution in [0, 0.1) is 5.92 Å². The van der Waals surface area contributed by atoms with Crippen LogP contribution in [0.25, 0.3) is 5.69 Å². The Bertz CT molecular complexity index is 727. The molecule has 1 aromatic heterocycles. The van der Waals surface area contributed by atoms with Crippen LogP contribution in [0.3, 0.4) is 0 Å². The Labute approximate surface area is 146 Å². The maximum atomic E-state index is 12.0. The molecule has 0 saturated heterocycles. The zero-order chi connectivity index (χ0) is 16.2. The van der Waals surface area contributed by atoms with E-state index >= 15 is 0 Å². The van der Waals surface area contributed by atoms with Crippen LogP contribution in [0.4, 0.5) is 5.69 Å². The van der Waals surface area contributed by atoms with Gasteiger partial charge in [-0.05, 0) is 43.5 Å². The number of amides is 2. The summed E-state index contributed by atoms with van der Waals surface area (Å²) in [6.07, 6.45) is 4.13. The average Bonchev–Trinajstić information content (AvgIpc) is 3.21. The van der Waals surface area contributed by atoms with E-state index in [4.69, 9.17) is 5.73 Å². The van der Waals surface area contributed by atoms with Crippen molar-refractivity contribution in [1.82, 2.24) is 15.1 Å². The van der Waals surface area contributed by atoms with Crippen LogP contribution < -0.4 is 16.4 Å². The fraction of sp³-hybridized carbons (Fsp3) is 0.312. The third-order valence-electron chi connectivity index (χ3n) is 3.68. The maximum absolute atomic E-state index is 12.0. The quantitative estimate of drug-likeness (QED) is 0.701. The first-order valence-corrected chi connectivity index (χ1v) is 7.59. The van der Waals surface area contributed by atoms with Crippen LogP contribution in [-0.2, 0) is 4.79 Å². The number of nitrogens with two attached hydrogens (primary N) is 1. The fourth-order valence-electron chi connectivity index (χ4n) is 2.27. The summed E-state index contributed by atoms with van der Waals surface area (Å²) in [7, 11) is 0. The minimum atomic E-state index is -0.588. The number of para-hydroxylation sites is 2. The molecule has 1 aliphatic carbocycles. The minimum Gasteiger partial charge on any atom is -0.364 e. The predicted octanol–water partition coefficient (Wildman–Crippen LogP) is 1.33. The Morgan fingerprint density at radius 1 is 1.25 bits per heavy atom.